The van der Waals surface area contributed by atoms with Gasteiger partial charge in [-0.3, -0.25) is 0 Å². The van der Waals surface area contributed by atoms with E-state index in [0.29, 0.717) is 11.5 Å². The minimum atomic E-state index is -0.885. The number of rotatable bonds is 4. The highest BCUT2D eigenvalue weighted by atomic mass is 16.4. The molecule has 0 aliphatic carbocycles. The van der Waals surface area contributed by atoms with Crippen LogP contribution in [-0.2, 0) is 0 Å². The van der Waals surface area contributed by atoms with Crippen molar-refractivity contribution in [1.29, 1.82) is 0 Å². The molecule has 98 valence electrons. The van der Waals surface area contributed by atoms with Gasteiger partial charge >= 0.3 is 5.97 Å². The first kappa shape index (κ1) is 12.9. The van der Waals surface area contributed by atoms with E-state index in [2.05, 4.69) is 4.90 Å². The summed E-state index contributed by atoms with van der Waals surface area (Å²) in [6.07, 6.45) is 1.95. The molecule has 1 fully saturated rings. The number of aliphatic hydroxyl groups excluding tert-OH is 1. The van der Waals surface area contributed by atoms with Gasteiger partial charge in [0.2, 0.25) is 0 Å². The normalized spacial score (nSPS) is 19.2. The van der Waals surface area contributed by atoms with Gasteiger partial charge in [-0.25, -0.2) is 4.79 Å². The van der Waals surface area contributed by atoms with Gasteiger partial charge in [0.1, 0.15) is 0 Å². The summed E-state index contributed by atoms with van der Waals surface area (Å²) in [5.41, 5.74) is 2.45. The molecule has 2 rings (SSSR count). The molecule has 1 aliphatic rings. The first-order valence-corrected chi connectivity index (χ1v) is 6.31. The number of nitrogens with zero attached hydrogens (tertiary/aromatic N) is 1. The van der Waals surface area contributed by atoms with Crippen molar-refractivity contribution in [3.63, 3.8) is 0 Å². The smallest absolute Gasteiger partial charge is 0.335 e. The van der Waals surface area contributed by atoms with E-state index >= 15 is 0 Å². The third-order valence-electron chi connectivity index (χ3n) is 3.61. The van der Waals surface area contributed by atoms with E-state index in [1.165, 1.54) is 0 Å². The zero-order valence-corrected chi connectivity index (χ0v) is 10.6. The molecule has 0 radical (unpaired) electrons. The van der Waals surface area contributed by atoms with Crippen LogP contribution in [0.5, 0.6) is 0 Å². The van der Waals surface area contributed by atoms with Gasteiger partial charge < -0.3 is 15.1 Å². The van der Waals surface area contributed by atoms with Crippen molar-refractivity contribution in [3.8, 4) is 0 Å². The number of aliphatic hydroxyl groups is 1. The largest absolute Gasteiger partial charge is 0.478 e. The number of hydrogen-bond donors (Lipinski definition) is 2. The van der Waals surface area contributed by atoms with Crippen LogP contribution >= 0.6 is 0 Å². The summed E-state index contributed by atoms with van der Waals surface area (Å²) in [7, 11) is 0. The summed E-state index contributed by atoms with van der Waals surface area (Å²) in [6.45, 7) is 4.13. The number of aromatic carboxylic acids is 1. The number of aryl methyl sites for hydroxylation is 1. The number of hydrogen-bond acceptors (Lipinski definition) is 3. The van der Waals surface area contributed by atoms with Crippen molar-refractivity contribution in [1.82, 2.24) is 0 Å². The van der Waals surface area contributed by atoms with E-state index < -0.39 is 5.97 Å². The van der Waals surface area contributed by atoms with Crippen molar-refractivity contribution >= 4 is 11.7 Å². The maximum absolute atomic E-state index is 10.9. The highest BCUT2D eigenvalue weighted by Gasteiger charge is 2.23. The van der Waals surface area contributed by atoms with Crippen molar-refractivity contribution < 1.29 is 15.0 Å². The van der Waals surface area contributed by atoms with E-state index in [9.17, 15) is 4.79 Å². The maximum atomic E-state index is 10.9. The Morgan fingerprint density at radius 1 is 1.50 bits per heavy atom. The Labute approximate surface area is 107 Å². The van der Waals surface area contributed by atoms with Gasteiger partial charge in [0.05, 0.1) is 5.56 Å². The average molecular weight is 249 g/mol. The molecule has 1 aromatic carbocycles. The average Bonchev–Trinajstić information content (AvgIpc) is 2.77. The lowest BCUT2D eigenvalue weighted by Gasteiger charge is -2.21. The molecule has 1 aromatic rings. The molecule has 18 heavy (non-hydrogen) atoms. The van der Waals surface area contributed by atoms with E-state index in [1.54, 1.807) is 12.1 Å². The van der Waals surface area contributed by atoms with E-state index in [-0.39, 0.29) is 6.61 Å². The summed E-state index contributed by atoms with van der Waals surface area (Å²) in [5.74, 6) is -0.335. The Morgan fingerprint density at radius 2 is 2.28 bits per heavy atom. The van der Waals surface area contributed by atoms with Crippen LogP contribution < -0.4 is 4.90 Å². The molecule has 1 aliphatic heterocycles. The van der Waals surface area contributed by atoms with Crippen LogP contribution in [-0.4, -0.2) is 35.9 Å². The lowest BCUT2D eigenvalue weighted by Crippen LogP contribution is -2.21. The predicted molar refractivity (Wildman–Crippen MR) is 70.2 cm³/mol. The molecular formula is C14H19NO3. The minimum Gasteiger partial charge on any atom is -0.478 e. The van der Waals surface area contributed by atoms with Gasteiger partial charge in [0.25, 0.3) is 0 Å². The number of carboxylic acid groups (broad SMARTS) is 1. The van der Waals surface area contributed by atoms with Gasteiger partial charge in [-0.1, -0.05) is 0 Å². The standard InChI is InChI=1S/C14H19NO3/c1-10-8-12(14(17)18)2-3-13(10)15-6-4-11(9-15)5-7-16/h2-3,8,11,16H,4-7,9H2,1H3,(H,17,18). The molecule has 0 aromatic heterocycles. The van der Waals surface area contributed by atoms with Crippen LogP contribution in [0.4, 0.5) is 5.69 Å². The van der Waals surface area contributed by atoms with Crippen LogP contribution in [0.3, 0.4) is 0 Å². The van der Waals surface area contributed by atoms with E-state index in [0.717, 1.165) is 37.2 Å². The summed E-state index contributed by atoms with van der Waals surface area (Å²) in [4.78, 5) is 13.2. The fraction of sp³-hybridized carbons (Fsp3) is 0.500. The second-order valence-electron chi connectivity index (χ2n) is 4.92. The summed E-state index contributed by atoms with van der Waals surface area (Å²) < 4.78 is 0. The number of anilines is 1. The third-order valence-corrected chi connectivity index (χ3v) is 3.61. The van der Waals surface area contributed by atoms with Crippen molar-refractivity contribution in [2.45, 2.75) is 19.8 Å². The fourth-order valence-electron chi connectivity index (χ4n) is 2.61. The second kappa shape index (κ2) is 5.40. The minimum absolute atomic E-state index is 0.245. The van der Waals surface area contributed by atoms with Gasteiger partial charge in [-0.05, 0) is 49.4 Å². The number of carbonyl (C=O) groups is 1. The lowest BCUT2D eigenvalue weighted by atomic mass is 10.1. The Hall–Kier alpha value is -1.55. The molecule has 0 bridgehead atoms. The SMILES string of the molecule is Cc1cc(C(=O)O)ccc1N1CCC(CCO)C1. The Morgan fingerprint density at radius 3 is 2.89 bits per heavy atom. The van der Waals surface area contributed by atoms with E-state index in [4.69, 9.17) is 10.2 Å². The molecule has 1 unspecified atom stereocenters. The first-order chi connectivity index (χ1) is 8.61. The van der Waals surface area contributed by atoms with Crippen molar-refractivity contribution in [2.75, 3.05) is 24.6 Å². The topological polar surface area (TPSA) is 60.8 Å². The molecule has 0 spiro atoms. The third kappa shape index (κ3) is 2.64. The highest BCUT2D eigenvalue weighted by molar-refractivity contribution is 5.88. The van der Waals surface area contributed by atoms with Crippen LogP contribution in [0.2, 0.25) is 0 Å². The van der Waals surface area contributed by atoms with E-state index in [1.807, 2.05) is 13.0 Å². The summed E-state index contributed by atoms with van der Waals surface area (Å²) >= 11 is 0. The Bertz CT molecular complexity index is 445. The Balaban J connectivity index is 2.12. The summed E-state index contributed by atoms with van der Waals surface area (Å²) in [5, 5.41) is 17.9. The van der Waals surface area contributed by atoms with Gasteiger partial charge in [-0.2, -0.15) is 0 Å². The second-order valence-corrected chi connectivity index (χ2v) is 4.92. The van der Waals surface area contributed by atoms with Crippen LogP contribution in [0.15, 0.2) is 18.2 Å². The fourth-order valence-corrected chi connectivity index (χ4v) is 2.61. The van der Waals surface area contributed by atoms with Gasteiger partial charge in [-0.15, -0.1) is 0 Å². The zero-order valence-electron chi connectivity index (χ0n) is 10.6. The van der Waals surface area contributed by atoms with Crippen LogP contribution in [0.1, 0.15) is 28.8 Å². The Kier molecular flexibility index (Phi) is 3.87. The molecule has 0 saturated carbocycles. The van der Waals surface area contributed by atoms with Crippen LogP contribution in [0.25, 0.3) is 0 Å². The molecule has 4 heteroatoms. The van der Waals surface area contributed by atoms with Crippen LogP contribution in [0, 0.1) is 12.8 Å². The van der Waals surface area contributed by atoms with Gasteiger partial charge in [0.15, 0.2) is 0 Å². The zero-order chi connectivity index (χ0) is 13.1. The molecule has 1 saturated heterocycles. The molecular weight excluding hydrogens is 230 g/mol. The highest BCUT2D eigenvalue weighted by Crippen LogP contribution is 2.28. The molecule has 0 amide bonds. The van der Waals surface area contributed by atoms with Gasteiger partial charge in [0, 0.05) is 25.4 Å². The van der Waals surface area contributed by atoms with Crippen molar-refractivity contribution in [3.05, 3.63) is 29.3 Å². The first-order valence-electron chi connectivity index (χ1n) is 6.31. The monoisotopic (exact) mass is 249 g/mol. The predicted octanol–water partition coefficient (Wildman–Crippen LogP) is 1.90. The maximum Gasteiger partial charge on any atom is 0.335 e. The molecule has 1 atom stereocenters. The quantitative estimate of drug-likeness (QED) is 0.855. The lowest BCUT2D eigenvalue weighted by molar-refractivity contribution is 0.0697. The molecule has 1 heterocycles. The summed E-state index contributed by atoms with van der Waals surface area (Å²) in [6, 6.07) is 5.27. The molecule has 4 nitrogen and oxygen atoms in total. The number of benzene rings is 1. The molecule has 2 N–H and O–H groups in total. The van der Waals surface area contributed by atoms with Crippen molar-refractivity contribution in [2.24, 2.45) is 5.92 Å². The number of carboxylic acids is 1.